The van der Waals surface area contributed by atoms with Crippen molar-refractivity contribution >= 4 is 33.5 Å². The molecule has 1 aliphatic carbocycles. The van der Waals surface area contributed by atoms with Crippen LogP contribution in [0.4, 0.5) is 10.1 Å². The first kappa shape index (κ1) is 27.7. The van der Waals surface area contributed by atoms with E-state index >= 15 is 4.39 Å². The van der Waals surface area contributed by atoms with Crippen LogP contribution in [0.15, 0.2) is 41.3 Å². The molecule has 1 aliphatic rings. The highest BCUT2D eigenvalue weighted by Crippen LogP contribution is 2.37. The van der Waals surface area contributed by atoms with E-state index in [1.54, 1.807) is 24.7 Å². The minimum absolute atomic E-state index is 0.0348. The zero-order chi connectivity index (χ0) is 27.4. The van der Waals surface area contributed by atoms with Crippen molar-refractivity contribution in [2.24, 2.45) is 11.8 Å². The van der Waals surface area contributed by atoms with Gasteiger partial charge < -0.3 is 14.4 Å². The molecular formula is C27H31BrFN5O4. The number of pyridine rings is 1. The number of benzene rings is 1. The number of aromatic nitrogens is 4. The van der Waals surface area contributed by atoms with Crippen molar-refractivity contribution in [2.45, 2.75) is 59.0 Å². The van der Waals surface area contributed by atoms with Gasteiger partial charge in [0.05, 0.1) is 41.8 Å². The van der Waals surface area contributed by atoms with E-state index in [-0.39, 0.29) is 40.7 Å². The van der Waals surface area contributed by atoms with Crippen molar-refractivity contribution in [3.8, 4) is 11.6 Å². The lowest BCUT2D eigenvalue weighted by molar-refractivity contribution is -0.123. The molecule has 0 unspecified atom stereocenters. The summed E-state index contributed by atoms with van der Waals surface area (Å²) >= 11 is 3.41. The van der Waals surface area contributed by atoms with Gasteiger partial charge in [-0.25, -0.2) is 14.2 Å². The third kappa shape index (κ3) is 6.20. The molecule has 2 aromatic heterocycles. The van der Waals surface area contributed by atoms with Crippen LogP contribution in [0.5, 0.6) is 11.6 Å². The Morgan fingerprint density at radius 2 is 1.84 bits per heavy atom. The third-order valence-corrected chi connectivity index (χ3v) is 7.26. The second-order valence-electron chi connectivity index (χ2n) is 9.84. The normalized spacial score (nSPS) is 17.3. The molecule has 9 nitrogen and oxygen atoms in total. The van der Waals surface area contributed by atoms with Crippen molar-refractivity contribution in [3.63, 3.8) is 0 Å². The summed E-state index contributed by atoms with van der Waals surface area (Å²) in [6.45, 7) is 6.26. The van der Waals surface area contributed by atoms with Crippen molar-refractivity contribution < 1.29 is 23.5 Å². The van der Waals surface area contributed by atoms with Gasteiger partial charge in [-0.05, 0) is 73.0 Å². The lowest BCUT2D eigenvalue weighted by Gasteiger charge is -2.34. The number of nitrogens with zero attached hydrogens (tertiary/aromatic N) is 5. The molecule has 2 heterocycles. The van der Waals surface area contributed by atoms with Crippen LogP contribution in [0.25, 0.3) is 0 Å². The van der Waals surface area contributed by atoms with Crippen LogP contribution in [0.1, 0.15) is 62.4 Å². The number of hydrogen-bond donors (Lipinski definition) is 0. The largest absolute Gasteiger partial charge is 0.465 e. The highest BCUT2D eigenvalue weighted by atomic mass is 79.9. The van der Waals surface area contributed by atoms with E-state index in [2.05, 4.69) is 38.0 Å². The number of hydrogen-bond acceptors (Lipinski definition) is 7. The molecule has 38 heavy (non-hydrogen) atoms. The Hall–Kier alpha value is -3.34. The van der Waals surface area contributed by atoms with Gasteiger partial charge in [0.25, 0.3) is 0 Å². The number of amides is 1. The first-order valence-electron chi connectivity index (χ1n) is 12.6. The summed E-state index contributed by atoms with van der Waals surface area (Å²) < 4.78 is 26.7. The molecule has 0 bridgehead atoms. The SMILES string of the molecule is COC(=O)c1cc(Oc2ncc(Cn3nccn3)cc2Br)c(F)cc1N(C(=O)[C@H]1CC[C@H](C)CC1)C(C)C. The van der Waals surface area contributed by atoms with Gasteiger partial charge in [-0.2, -0.15) is 15.0 Å². The summed E-state index contributed by atoms with van der Waals surface area (Å²) in [5.41, 5.74) is 0.997. The Kier molecular flexibility index (Phi) is 8.76. The van der Waals surface area contributed by atoms with Gasteiger partial charge in [0, 0.05) is 30.3 Å². The summed E-state index contributed by atoms with van der Waals surface area (Å²) in [6.07, 6.45) is 8.20. The molecule has 0 atom stereocenters. The molecule has 3 aromatic rings. The van der Waals surface area contributed by atoms with Crippen molar-refractivity contribution in [3.05, 3.63) is 58.2 Å². The Labute approximate surface area is 229 Å². The maximum absolute atomic E-state index is 15.4. The van der Waals surface area contributed by atoms with Gasteiger partial charge >= 0.3 is 5.97 Å². The molecule has 0 aliphatic heterocycles. The van der Waals surface area contributed by atoms with Crippen LogP contribution in [0.3, 0.4) is 0 Å². The highest BCUT2D eigenvalue weighted by molar-refractivity contribution is 9.10. The van der Waals surface area contributed by atoms with Crippen LogP contribution < -0.4 is 9.64 Å². The monoisotopic (exact) mass is 587 g/mol. The minimum atomic E-state index is -0.734. The molecule has 0 spiro atoms. The van der Waals surface area contributed by atoms with Gasteiger partial charge in [0.2, 0.25) is 11.8 Å². The molecule has 1 amide bonds. The summed E-state index contributed by atoms with van der Waals surface area (Å²) in [5, 5.41) is 8.13. The molecule has 1 aromatic carbocycles. The van der Waals surface area contributed by atoms with Crippen molar-refractivity contribution in [1.29, 1.82) is 0 Å². The summed E-state index contributed by atoms with van der Waals surface area (Å²) in [7, 11) is 1.24. The summed E-state index contributed by atoms with van der Waals surface area (Å²) in [5.74, 6) is -1.25. The molecule has 0 radical (unpaired) electrons. The third-order valence-electron chi connectivity index (χ3n) is 6.70. The van der Waals surface area contributed by atoms with Crippen LogP contribution in [0, 0.1) is 17.7 Å². The van der Waals surface area contributed by atoms with Crippen LogP contribution >= 0.6 is 15.9 Å². The second kappa shape index (κ2) is 12.0. The quantitative estimate of drug-likeness (QED) is 0.308. The minimum Gasteiger partial charge on any atom is -0.465 e. The van der Waals surface area contributed by atoms with Gasteiger partial charge in [0.1, 0.15) is 0 Å². The molecule has 4 rings (SSSR count). The zero-order valence-corrected chi connectivity index (χ0v) is 23.4. The summed E-state index contributed by atoms with van der Waals surface area (Å²) in [6, 6.07) is 3.89. The van der Waals surface area contributed by atoms with Gasteiger partial charge in [-0.3, -0.25) is 4.79 Å². The van der Waals surface area contributed by atoms with Gasteiger partial charge in [-0.15, -0.1) is 0 Å². The molecule has 11 heteroatoms. The average molecular weight is 588 g/mol. The van der Waals surface area contributed by atoms with Crippen molar-refractivity contribution in [1.82, 2.24) is 20.0 Å². The molecule has 0 N–H and O–H groups in total. The fourth-order valence-electron chi connectivity index (χ4n) is 4.67. The van der Waals surface area contributed by atoms with E-state index in [1.807, 2.05) is 13.8 Å². The molecule has 1 saturated carbocycles. The maximum Gasteiger partial charge on any atom is 0.340 e. The van der Waals surface area contributed by atoms with Crippen LogP contribution in [0.2, 0.25) is 0 Å². The lowest BCUT2D eigenvalue weighted by Crippen LogP contribution is -2.43. The number of carbonyl (C=O) groups is 2. The van der Waals surface area contributed by atoms with E-state index in [9.17, 15) is 9.59 Å². The Morgan fingerprint density at radius 1 is 1.16 bits per heavy atom. The first-order valence-corrected chi connectivity index (χ1v) is 13.4. The van der Waals surface area contributed by atoms with Gasteiger partial charge in [-0.1, -0.05) is 6.92 Å². The first-order chi connectivity index (χ1) is 18.2. The number of esters is 1. The number of methoxy groups -OCH3 is 1. The fraction of sp³-hybridized carbons (Fsp3) is 0.444. The second-order valence-corrected chi connectivity index (χ2v) is 10.7. The van der Waals surface area contributed by atoms with E-state index in [0.717, 1.165) is 37.3 Å². The van der Waals surface area contributed by atoms with Crippen LogP contribution in [-0.2, 0) is 16.1 Å². The van der Waals surface area contributed by atoms with E-state index in [1.165, 1.54) is 22.9 Å². The predicted octanol–water partition coefficient (Wildman–Crippen LogP) is 5.77. The number of halogens is 2. The number of ether oxygens (including phenoxy) is 2. The molecule has 0 saturated heterocycles. The lowest BCUT2D eigenvalue weighted by atomic mass is 9.82. The molecule has 202 valence electrons. The standard InChI is InChI=1S/C27H31BrFN5O4/c1-16(2)34(26(35)19-7-5-17(3)6-8-19)23-13-22(29)24(12-20(23)27(36)37-4)38-25-21(28)11-18(14-30-25)15-33-31-9-10-32-33/h9-14,16-17,19H,5-8,15H2,1-4H3/t17-,19-. The fourth-order valence-corrected chi connectivity index (χ4v) is 5.15. The maximum atomic E-state index is 15.4. The number of rotatable bonds is 8. The topological polar surface area (TPSA) is 99.4 Å². The predicted molar refractivity (Wildman–Crippen MR) is 143 cm³/mol. The zero-order valence-electron chi connectivity index (χ0n) is 21.9. The smallest absolute Gasteiger partial charge is 0.340 e. The van der Waals surface area contributed by atoms with E-state index in [4.69, 9.17) is 9.47 Å². The van der Waals surface area contributed by atoms with E-state index in [0.29, 0.717) is 16.9 Å². The number of anilines is 1. The molecular weight excluding hydrogens is 557 g/mol. The Balaban J connectivity index is 1.65. The van der Waals surface area contributed by atoms with Crippen LogP contribution in [-0.4, -0.2) is 45.0 Å². The Bertz CT molecular complexity index is 1290. The van der Waals surface area contributed by atoms with Crippen molar-refractivity contribution in [2.75, 3.05) is 12.0 Å². The van der Waals surface area contributed by atoms with Gasteiger partial charge in [0.15, 0.2) is 11.6 Å². The Morgan fingerprint density at radius 3 is 2.45 bits per heavy atom. The number of carbonyl (C=O) groups excluding carboxylic acids is 2. The molecule has 1 fully saturated rings. The summed E-state index contributed by atoms with van der Waals surface area (Å²) in [4.78, 5) is 33.7. The average Bonchev–Trinajstić information content (AvgIpc) is 3.39. The highest BCUT2D eigenvalue weighted by Gasteiger charge is 2.33. The van der Waals surface area contributed by atoms with E-state index < -0.39 is 11.8 Å².